The molecule has 27 heavy (non-hydrogen) atoms. The van der Waals surface area contributed by atoms with E-state index in [0.717, 1.165) is 26.1 Å². The summed E-state index contributed by atoms with van der Waals surface area (Å²) in [5.74, 6) is -0.784. The molecule has 0 aromatic carbocycles. The summed E-state index contributed by atoms with van der Waals surface area (Å²) in [5.41, 5.74) is 1.32. The van der Waals surface area contributed by atoms with Crippen LogP contribution in [0.1, 0.15) is 57.4 Å². The monoisotopic (exact) mass is 418 g/mol. The van der Waals surface area contributed by atoms with Gasteiger partial charge in [0.25, 0.3) is 11.5 Å². The Bertz CT molecular complexity index is 849. The van der Waals surface area contributed by atoms with Crippen molar-refractivity contribution in [2.75, 3.05) is 26.2 Å². The fourth-order valence-corrected chi connectivity index (χ4v) is 4.19. The van der Waals surface area contributed by atoms with Crippen molar-refractivity contribution in [3.63, 3.8) is 0 Å². The molecule has 1 aliphatic heterocycles. The van der Waals surface area contributed by atoms with Crippen molar-refractivity contribution in [1.29, 1.82) is 0 Å². The van der Waals surface area contributed by atoms with Gasteiger partial charge in [0.05, 0.1) is 5.51 Å². The normalized spacial score (nSPS) is 15.1. The van der Waals surface area contributed by atoms with E-state index in [1.54, 1.807) is 5.51 Å². The minimum Gasteiger partial charge on any atom is -1.00 e. The number of nitrogens with zero attached hydrogens (tertiary/aromatic N) is 3. The van der Waals surface area contributed by atoms with Crippen molar-refractivity contribution in [3.8, 4) is 5.75 Å². The van der Waals surface area contributed by atoms with Gasteiger partial charge in [-0.05, 0) is 52.7 Å². The van der Waals surface area contributed by atoms with Crippen LogP contribution in [0.25, 0.3) is 10.3 Å². The van der Waals surface area contributed by atoms with E-state index in [9.17, 15) is 14.7 Å². The third kappa shape index (κ3) is 5.20. The molecule has 9 heteroatoms. The number of fused-ring (bicyclic) bond motifs is 1. The first kappa shape index (κ1) is 23.0. The maximum atomic E-state index is 12.8. The second kappa shape index (κ2) is 10.5. The van der Waals surface area contributed by atoms with Crippen LogP contribution in [0, 0.1) is 0 Å². The third-order valence-corrected chi connectivity index (χ3v) is 5.61. The van der Waals surface area contributed by atoms with E-state index in [2.05, 4.69) is 15.2 Å². The number of hydrogen-bond acceptors (Lipinski definition) is 6. The van der Waals surface area contributed by atoms with Crippen LogP contribution in [-0.4, -0.2) is 51.6 Å². The standard InChI is InChI=1S/C18H26N4O3S.K.H/c1-12(2)22-16-15(26-11-20-16)14(23)13(18(22)25)17(24)19-7-6-10-21-8-4-3-5-9-21;;/h11-12,23H,3-10H2,1-2H3,(H,19,24);;/q;+1;-1. The second-order valence-electron chi connectivity index (χ2n) is 7.01. The van der Waals surface area contributed by atoms with Gasteiger partial charge in [-0.15, -0.1) is 11.3 Å². The minimum atomic E-state index is -0.518. The number of aromatic nitrogens is 2. The van der Waals surface area contributed by atoms with Crippen LogP contribution in [0.2, 0.25) is 0 Å². The van der Waals surface area contributed by atoms with Crippen molar-refractivity contribution < 1.29 is 62.7 Å². The summed E-state index contributed by atoms with van der Waals surface area (Å²) in [4.78, 5) is 31.9. The SMILES string of the molecule is CC(C)n1c(=O)c(C(=O)NCCCN2CCCCC2)c(O)c2scnc21.[H-].[K+]. The first-order valence-electron chi connectivity index (χ1n) is 9.22. The quantitative estimate of drug-likeness (QED) is 0.486. The summed E-state index contributed by atoms with van der Waals surface area (Å²) in [7, 11) is 0. The van der Waals surface area contributed by atoms with Gasteiger partial charge >= 0.3 is 51.4 Å². The number of nitrogens with one attached hydrogen (secondary N) is 1. The maximum absolute atomic E-state index is 12.8. The van der Waals surface area contributed by atoms with Gasteiger partial charge in [0, 0.05) is 12.6 Å². The number of carbonyl (C=O) groups is 1. The summed E-state index contributed by atoms with van der Waals surface area (Å²) in [5, 5.41) is 13.2. The van der Waals surface area contributed by atoms with Crippen LogP contribution in [-0.2, 0) is 0 Å². The summed E-state index contributed by atoms with van der Waals surface area (Å²) in [6.45, 7) is 7.38. The Kier molecular flexibility index (Phi) is 8.92. The zero-order chi connectivity index (χ0) is 18.7. The van der Waals surface area contributed by atoms with Crippen LogP contribution in [0.15, 0.2) is 10.3 Å². The zero-order valence-electron chi connectivity index (χ0n) is 17.3. The maximum Gasteiger partial charge on any atom is 1.00 e. The molecular formula is C18H27KN4O3S. The molecule has 1 amide bonds. The number of thiazole rings is 1. The molecule has 0 unspecified atom stereocenters. The van der Waals surface area contributed by atoms with Gasteiger partial charge in [-0.2, -0.15) is 0 Å². The first-order chi connectivity index (χ1) is 12.5. The Labute approximate surface area is 207 Å². The summed E-state index contributed by atoms with van der Waals surface area (Å²) >= 11 is 1.23. The van der Waals surface area contributed by atoms with Crippen LogP contribution < -0.4 is 62.3 Å². The number of rotatable bonds is 6. The second-order valence-corrected chi connectivity index (χ2v) is 7.86. The van der Waals surface area contributed by atoms with Gasteiger partial charge in [-0.1, -0.05) is 6.42 Å². The number of pyridine rings is 1. The molecule has 0 saturated carbocycles. The summed E-state index contributed by atoms with van der Waals surface area (Å²) in [6.07, 6.45) is 4.61. The summed E-state index contributed by atoms with van der Waals surface area (Å²) in [6, 6.07) is -0.154. The van der Waals surface area contributed by atoms with Gasteiger partial charge in [-0.3, -0.25) is 14.2 Å². The summed E-state index contributed by atoms with van der Waals surface area (Å²) < 4.78 is 1.94. The molecule has 0 bridgehead atoms. The fourth-order valence-electron chi connectivity index (χ4n) is 3.46. The molecule has 2 aromatic rings. The van der Waals surface area contributed by atoms with Gasteiger partial charge in [0.1, 0.15) is 10.3 Å². The number of aromatic hydroxyl groups is 1. The Morgan fingerprint density at radius 1 is 1.37 bits per heavy atom. The van der Waals surface area contributed by atoms with E-state index in [4.69, 9.17) is 0 Å². The average Bonchev–Trinajstić information content (AvgIpc) is 3.09. The van der Waals surface area contributed by atoms with Gasteiger partial charge < -0.3 is 16.7 Å². The zero-order valence-corrected chi connectivity index (χ0v) is 20.3. The van der Waals surface area contributed by atoms with Gasteiger partial charge in [-0.25, -0.2) is 4.98 Å². The molecule has 0 spiro atoms. The largest absolute Gasteiger partial charge is 1.00 e. The molecule has 3 rings (SSSR count). The Hall–Kier alpha value is -0.294. The van der Waals surface area contributed by atoms with E-state index in [1.165, 1.54) is 35.2 Å². The predicted octanol–water partition coefficient (Wildman–Crippen LogP) is -0.533. The van der Waals surface area contributed by atoms with Crippen molar-refractivity contribution in [2.45, 2.75) is 45.6 Å². The van der Waals surface area contributed by atoms with E-state index < -0.39 is 11.5 Å². The predicted molar refractivity (Wildman–Crippen MR) is 104 cm³/mol. The molecule has 2 aromatic heterocycles. The molecule has 0 atom stereocenters. The number of carbonyl (C=O) groups excluding carboxylic acids is 1. The molecule has 2 N–H and O–H groups in total. The van der Waals surface area contributed by atoms with Gasteiger partial charge in [0.15, 0.2) is 11.4 Å². The van der Waals surface area contributed by atoms with Gasteiger partial charge in [0.2, 0.25) is 0 Å². The Morgan fingerprint density at radius 3 is 2.74 bits per heavy atom. The third-order valence-electron chi connectivity index (χ3n) is 4.79. The van der Waals surface area contributed by atoms with Crippen molar-refractivity contribution in [2.24, 2.45) is 0 Å². The number of hydrogen-bond donors (Lipinski definition) is 2. The molecule has 144 valence electrons. The van der Waals surface area contributed by atoms with Crippen LogP contribution in [0.3, 0.4) is 0 Å². The number of piperidine rings is 1. The van der Waals surface area contributed by atoms with Crippen LogP contribution in [0.5, 0.6) is 5.75 Å². The molecule has 1 fully saturated rings. The molecule has 0 aliphatic carbocycles. The molecule has 1 aliphatic rings. The first-order valence-corrected chi connectivity index (χ1v) is 10.1. The minimum absolute atomic E-state index is 0. The van der Waals surface area contributed by atoms with E-state index in [1.807, 2.05) is 13.8 Å². The van der Waals surface area contributed by atoms with E-state index >= 15 is 0 Å². The van der Waals surface area contributed by atoms with E-state index in [0.29, 0.717) is 16.9 Å². The molecule has 1 saturated heterocycles. The Morgan fingerprint density at radius 2 is 2.07 bits per heavy atom. The molecule has 0 radical (unpaired) electrons. The van der Waals surface area contributed by atoms with Crippen molar-refractivity contribution in [3.05, 3.63) is 21.4 Å². The molecular weight excluding hydrogens is 391 g/mol. The molecule has 7 nitrogen and oxygen atoms in total. The number of amides is 1. The topological polar surface area (TPSA) is 87.5 Å². The van der Waals surface area contributed by atoms with E-state index in [-0.39, 0.29) is 70.2 Å². The van der Waals surface area contributed by atoms with Crippen LogP contribution >= 0.6 is 11.3 Å². The Balaban J connectivity index is 0.00000196. The smallest absolute Gasteiger partial charge is 1.00 e. The fraction of sp³-hybridized carbons (Fsp3) is 0.611. The van der Waals surface area contributed by atoms with Crippen molar-refractivity contribution >= 4 is 27.6 Å². The average molecular weight is 419 g/mol. The van der Waals surface area contributed by atoms with Crippen LogP contribution in [0.4, 0.5) is 0 Å². The molecule has 3 heterocycles. The number of likely N-dealkylation sites (tertiary alicyclic amines) is 1. The van der Waals surface area contributed by atoms with Crippen molar-refractivity contribution in [1.82, 2.24) is 19.8 Å².